The van der Waals surface area contributed by atoms with Crippen molar-refractivity contribution in [2.24, 2.45) is 0 Å². The Kier molecular flexibility index (Phi) is 2.36. The van der Waals surface area contributed by atoms with E-state index in [1.807, 2.05) is 0 Å². The number of alkyl halides is 3. The number of rotatable bonds is 1. The van der Waals surface area contributed by atoms with Crippen LogP contribution < -0.4 is 0 Å². The second kappa shape index (κ2) is 3.16. The van der Waals surface area contributed by atoms with Crippen LogP contribution in [-0.2, 0) is 11.0 Å². The highest BCUT2D eigenvalue weighted by molar-refractivity contribution is 5.75. The Bertz CT molecular complexity index is 329. The molecule has 0 fully saturated rings. The van der Waals surface area contributed by atoms with Gasteiger partial charge in [0.05, 0.1) is 5.56 Å². The minimum atomic E-state index is -4.65. The van der Waals surface area contributed by atoms with Gasteiger partial charge in [-0.2, -0.15) is 13.2 Å². The lowest BCUT2D eigenvalue weighted by atomic mass is 10.1. The van der Waals surface area contributed by atoms with Gasteiger partial charge in [-0.25, -0.2) is 4.39 Å². The Hall–Kier alpha value is -1.39. The Balaban J connectivity index is 3.24. The van der Waals surface area contributed by atoms with Gasteiger partial charge in [-0.05, 0) is 18.2 Å². The Morgan fingerprint density at radius 3 is 2.23 bits per heavy atom. The molecule has 0 aliphatic heterocycles. The van der Waals surface area contributed by atoms with Crippen LogP contribution >= 0.6 is 0 Å². The molecule has 13 heavy (non-hydrogen) atoms. The molecule has 0 aliphatic rings. The van der Waals surface area contributed by atoms with Crippen LogP contribution in [0.5, 0.6) is 0 Å². The zero-order valence-electron chi connectivity index (χ0n) is 6.15. The molecule has 0 atom stereocenters. The second-order valence-corrected chi connectivity index (χ2v) is 2.33. The molecule has 0 N–H and O–H groups in total. The van der Waals surface area contributed by atoms with Gasteiger partial charge in [-0.3, -0.25) is 4.79 Å². The number of carbonyl (C=O) groups excluding carboxylic acids is 1. The van der Waals surface area contributed by atoms with Crippen LogP contribution in [0.25, 0.3) is 0 Å². The van der Waals surface area contributed by atoms with Gasteiger partial charge < -0.3 is 0 Å². The van der Waals surface area contributed by atoms with Crippen LogP contribution in [0.15, 0.2) is 18.2 Å². The largest absolute Gasteiger partial charge is 0.416 e. The molecule has 0 heterocycles. The average molecular weight is 191 g/mol. The molecule has 0 unspecified atom stereocenters. The maximum atomic E-state index is 12.5. The zero-order valence-corrected chi connectivity index (χ0v) is 6.15. The second-order valence-electron chi connectivity index (χ2n) is 2.33. The van der Waals surface area contributed by atoms with Crippen molar-refractivity contribution in [3.63, 3.8) is 0 Å². The standard InChI is InChI=1S/C8H3F4O/c9-7-2-5(4-13)1-6(3-7)8(10,11)12/h1-3H. The maximum Gasteiger partial charge on any atom is 0.416 e. The third-order valence-electron chi connectivity index (χ3n) is 1.34. The van der Waals surface area contributed by atoms with Crippen molar-refractivity contribution in [1.82, 2.24) is 0 Å². The Labute approximate surface area is 71.0 Å². The van der Waals surface area contributed by atoms with E-state index in [-0.39, 0.29) is 0 Å². The van der Waals surface area contributed by atoms with Crippen molar-refractivity contribution < 1.29 is 22.4 Å². The lowest BCUT2D eigenvalue weighted by Crippen LogP contribution is -2.06. The summed E-state index contributed by atoms with van der Waals surface area (Å²) in [5.74, 6) is -1.10. The number of hydrogen-bond acceptors (Lipinski definition) is 1. The first-order valence-electron chi connectivity index (χ1n) is 3.19. The quantitative estimate of drug-likeness (QED) is 0.622. The van der Waals surface area contributed by atoms with Gasteiger partial charge in [0, 0.05) is 5.56 Å². The SMILES string of the molecule is O=[C]c1cc(F)cc(C(F)(F)F)c1. The molecule has 0 amide bonds. The van der Waals surface area contributed by atoms with E-state index in [1.165, 1.54) is 6.29 Å². The monoisotopic (exact) mass is 191 g/mol. The third kappa shape index (κ3) is 2.27. The fourth-order valence-corrected chi connectivity index (χ4v) is 0.812. The smallest absolute Gasteiger partial charge is 0.285 e. The summed E-state index contributed by atoms with van der Waals surface area (Å²) in [5, 5.41) is 0. The molecular weight excluding hydrogens is 188 g/mol. The van der Waals surface area contributed by atoms with Gasteiger partial charge in [0.2, 0.25) is 6.29 Å². The van der Waals surface area contributed by atoms with E-state index in [1.54, 1.807) is 0 Å². The van der Waals surface area contributed by atoms with E-state index in [4.69, 9.17) is 0 Å². The first-order chi connectivity index (χ1) is 5.93. The van der Waals surface area contributed by atoms with Gasteiger partial charge in [-0.15, -0.1) is 0 Å². The van der Waals surface area contributed by atoms with Gasteiger partial charge >= 0.3 is 6.18 Å². The fourth-order valence-electron chi connectivity index (χ4n) is 0.812. The Morgan fingerprint density at radius 1 is 1.15 bits per heavy atom. The predicted molar refractivity (Wildman–Crippen MR) is 36.2 cm³/mol. The summed E-state index contributed by atoms with van der Waals surface area (Å²) in [6, 6.07) is 1.54. The van der Waals surface area contributed by atoms with Crippen molar-refractivity contribution in [1.29, 1.82) is 0 Å². The Morgan fingerprint density at radius 2 is 1.77 bits per heavy atom. The highest BCUT2D eigenvalue weighted by atomic mass is 19.4. The lowest BCUT2D eigenvalue weighted by Gasteiger charge is -2.06. The molecule has 1 rings (SSSR count). The average Bonchev–Trinajstić information content (AvgIpc) is 2.01. The number of benzene rings is 1. The van der Waals surface area contributed by atoms with Crippen molar-refractivity contribution in [2.75, 3.05) is 0 Å². The topological polar surface area (TPSA) is 17.1 Å². The number of hydrogen-bond donors (Lipinski definition) is 0. The predicted octanol–water partition coefficient (Wildman–Crippen LogP) is 2.30. The molecule has 69 valence electrons. The van der Waals surface area contributed by atoms with Crippen LogP contribution in [0.1, 0.15) is 11.1 Å². The van der Waals surface area contributed by atoms with Crippen LogP contribution in [0.3, 0.4) is 0 Å². The normalized spacial score (nSPS) is 11.4. The van der Waals surface area contributed by atoms with Crippen LogP contribution in [-0.4, -0.2) is 6.29 Å². The molecule has 1 aromatic carbocycles. The van der Waals surface area contributed by atoms with Gasteiger partial charge in [0.15, 0.2) is 0 Å². The summed E-state index contributed by atoms with van der Waals surface area (Å²) >= 11 is 0. The number of halogens is 4. The third-order valence-corrected chi connectivity index (χ3v) is 1.34. The van der Waals surface area contributed by atoms with E-state index in [2.05, 4.69) is 0 Å². The molecule has 0 saturated carbocycles. The molecule has 1 aromatic rings. The minimum Gasteiger partial charge on any atom is -0.285 e. The van der Waals surface area contributed by atoms with Crippen LogP contribution in [0.2, 0.25) is 0 Å². The molecule has 5 heteroatoms. The van der Waals surface area contributed by atoms with Crippen molar-refractivity contribution >= 4 is 6.29 Å². The van der Waals surface area contributed by atoms with E-state index in [9.17, 15) is 22.4 Å². The first kappa shape index (κ1) is 9.70. The lowest BCUT2D eigenvalue weighted by molar-refractivity contribution is -0.137. The highest BCUT2D eigenvalue weighted by Crippen LogP contribution is 2.29. The molecule has 1 radical (unpaired) electrons. The molecule has 0 saturated heterocycles. The summed E-state index contributed by atoms with van der Waals surface area (Å²) in [6.07, 6.45) is -3.45. The van der Waals surface area contributed by atoms with Crippen molar-refractivity contribution in [2.45, 2.75) is 6.18 Å². The summed E-state index contributed by atoms with van der Waals surface area (Å²) in [6.45, 7) is 0. The highest BCUT2D eigenvalue weighted by Gasteiger charge is 2.31. The molecule has 0 spiro atoms. The van der Waals surface area contributed by atoms with Crippen LogP contribution in [0, 0.1) is 5.82 Å². The maximum absolute atomic E-state index is 12.5. The summed E-state index contributed by atoms with van der Waals surface area (Å²) < 4.78 is 48.4. The summed E-state index contributed by atoms with van der Waals surface area (Å²) in [7, 11) is 0. The zero-order chi connectivity index (χ0) is 10.1. The minimum absolute atomic E-state index is 0.320. The molecule has 0 aromatic heterocycles. The van der Waals surface area contributed by atoms with Gasteiger partial charge in [0.1, 0.15) is 5.82 Å². The van der Waals surface area contributed by atoms with Crippen LogP contribution in [0.4, 0.5) is 17.6 Å². The van der Waals surface area contributed by atoms with Crippen molar-refractivity contribution in [3.05, 3.63) is 35.1 Å². The molecule has 0 bridgehead atoms. The summed E-state index contributed by atoms with van der Waals surface area (Å²) in [4.78, 5) is 9.98. The van der Waals surface area contributed by atoms with Gasteiger partial charge in [0.25, 0.3) is 0 Å². The summed E-state index contributed by atoms with van der Waals surface area (Å²) in [5.41, 5.74) is -1.64. The van der Waals surface area contributed by atoms with E-state index >= 15 is 0 Å². The van der Waals surface area contributed by atoms with E-state index < -0.39 is 23.1 Å². The first-order valence-corrected chi connectivity index (χ1v) is 3.19. The van der Waals surface area contributed by atoms with Crippen molar-refractivity contribution in [3.8, 4) is 0 Å². The molecule has 0 aliphatic carbocycles. The van der Waals surface area contributed by atoms with Gasteiger partial charge in [-0.1, -0.05) is 0 Å². The fraction of sp³-hybridized carbons (Fsp3) is 0.125. The van der Waals surface area contributed by atoms with E-state index in [0.29, 0.717) is 18.2 Å². The van der Waals surface area contributed by atoms with E-state index in [0.717, 1.165) is 0 Å². The molecule has 1 nitrogen and oxygen atoms in total. The molecular formula is C8H3F4O.